The maximum atomic E-state index is 12.5. The lowest BCUT2D eigenvalue weighted by molar-refractivity contribution is -0.00124. The first-order chi connectivity index (χ1) is 12.3. The molecule has 0 aliphatic heterocycles. The van der Waals surface area contributed by atoms with E-state index in [9.17, 15) is 8.42 Å². The SMILES string of the molecule is CCN(CC)S(=O)(=O)c1ccc(N/N=C/C2=CC[C@H]3C[C@H]2C3(C)C)nc1. The third kappa shape index (κ3) is 3.30. The summed E-state index contributed by atoms with van der Waals surface area (Å²) in [7, 11) is -3.48. The molecule has 3 aliphatic rings. The van der Waals surface area contributed by atoms with Gasteiger partial charge in [-0.1, -0.05) is 33.8 Å². The lowest BCUT2D eigenvalue weighted by Crippen LogP contribution is -2.48. The summed E-state index contributed by atoms with van der Waals surface area (Å²) >= 11 is 0. The summed E-state index contributed by atoms with van der Waals surface area (Å²) < 4.78 is 26.3. The highest BCUT2D eigenvalue weighted by Gasteiger charge is 2.50. The van der Waals surface area contributed by atoms with E-state index >= 15 is 0 Å². The van der Waals surface area contributed by atoms with Gasteiger partial charge in [0.2, 0.25) is 10.0 Å². The molecular formula is C19H28N4O2S. The van der Waals surface area contributed by atoms with Crippen LogP contribution in [0.1, 0.15) is 40.5 Å². The molecule has 2 atom stereocenters. The van der Waals surface area contributed by atoms with Crippen LogP contribution >= 0.6 is 0 Å². The summed E-state index contributed by atoms with van der Waals surface area (Å²) in [4.78, 5) is 4.39. The number of rotatable bonds is 7. The molecule has 1 aromatic rings. The zero-order valence-electron chi connectivity index (χ0n) is 15.9. The Morgan fingerprint density at radius 2 is 2.08 bits per heavy atom. The average Bonchev–Trinajstić information content (AvgIpc) is 2.63. The van der Waals surface area contributed by atoms with E-state index in [1.165, 1.54) is 22.5 Å². The van der Waals surface area contributed by atoms with E-state index < -0.39 is 10.0 Å². The molecule has 0 aromatic carbocycles. The van der Waals surface area contributed by atoms with Crippen LogP contribution < -0.4 is 5.43 Å². The highest BCUT2D eigenvalue weighted by atomic mass is 32.2. The molecule has 4 rings (SSSR count). The van der Waals surface area contributed by atoms with E-state index in [1.807, 2.05) is 20.1 Å². The predicted octanol–water partition coefficient (Wildman–Crippen LogP) is 3.50. The molecule has 1 heterocycles. The van der Waals surface area contributed by atoms with Crippen LogP contribution in [0.25, 0.3) is 0 Å². The highest BCUT2D eigenvalue weighted by Crippen LogP contribution is 2.58. The van der Waals surface area contributed by atoms with E-state index in [4.69, 9.17) is 0 Å². The van der Waals surface area contributed by atoms with Crippen molar-refractivity contribution in [3.63, 3.8) is 0 Å². The van der Waals surface area contributed by atoms with Gasteiger partial charge >= 0.3 is 0 Å². The van der Waals surface area contributed by atoms with E-state index in [1.54, 1.807) is 12.1 Å². The van der Waals surface area contributed by atoms with Gasteiger partial charge in [0, 0.05) is 19.3 Å². The summed E-state index contributed by atoms with van der Waals surface area (Å²) in [6.07, 6.45) is 7.92. The number of aromatic nitrogens is 1. The first kappa shape index (κ1) is 19.0. The van der Waals surface area contributed by atoms with Crippen molar-refractivity contribution in [1.29, 1.82) is 0 Å². The molecule has 7 heteroatoms. The lowest BCUT2D eigenvalue weighted by atomic mass is 9.49. The number of sulfonamides is 1. The van der Waals surface area contributed by atoms with Crippen molar-refractivity contribution in [3.8, 4) is 0 Å². The van der Waals surface area contributed by atoms with Gasteiger partial charge in [0.05, 0.1) is 6.21 Å². The van der Waals surface area contributed by atoms with Crippen LogP contribution in [0.2, 0.25) is 0 Å². The second-order valence-electron chi connectivity index (χ2n) is 7.58. The second kappa shape index (κ2) is 7.12. The number of nitrogens with one attached hydrogen (secondary N) is 1. The number of nitrogens with zero attached hydrogens (tertiary/aromatic N) is 3. The molecule has 1 fully saturated rings. The molecule has 3 aliphatic carbocycles. The molecule has 26 heavy (non-hydrogen) atoms. The first-order valence-electron chi connectivity index (χ1n) is 9.26. The number of hydrogen-bond donors (Lipinski definition) is 1. The molecule has 0 radical (unpaired) electrons. The van der Waals surface area contributed by atoms with Crippen molar-refractivity contribution in [2.45, 2.75) is 45.4 Å². The Kier molecular flexibility index (Phi) is 5.21. The number of hydrazone groups is 1. The third-order valence-electron chi connectivity index (χ3n) is 5.98. The summed E-state index contributed by atoms with van der Waals surface area (Å²) in [6.45, 7) is 9.19. The topological polar surface area (TPSA) is 74.7 Å². The van der Waals surface area contributed by atoms with Crippen molar-refractivity contribution in [1.82, 2.24) is 9.29 Å². The Bertz CT molecular complexity index is 808. The Morgan fingerprint density at radius 1 is 1.35 bits per heavy atom. The third-order valence-corrected chi connectivity index (χ3v) is 8.02. The maximum Gasteiger partial charge on any atom is 0.244 e. The predicted molar refractivity (Wildman–Crippen MR) is 105 cm³/mol. The Morgan fingerprint density at radius 3 is 2.62 bits per heavy atom. The van der Waals surface area contributed by atoms with Crippen LogP contribution in [0.5, 0.6) is 0 Å². The fourth-order valence-corrected chi connectivity index (χ4v) is 5.43. The standard InChI is InChI=1S/C19H28N4O2S/c1-5-23(6-2)26(24,25)16-9-10-18(20-13-16)22-21-12-14-7-8-15-11-17(14)19(15,3)4/h7,9-10,12-13,15,17H,5-6,8,11H2,1-4H3,(H,20,22)/b21-12+/t15-,17+/m0/s1. The molecule has 1 saturated carbocycles. The summed E-state index contributed by atoms with van der Waals surface area (Å²) in [5.74, 6) is 1.92. The minimum Gasteiger partial charge on any atom is -0.261 e. The van der Waals surface area contributed by atoms with Crippen molar-refractivity contribution in [3.05, 3.63) is 30.0 Å². The molecule has 0 amide bonds. The number of hydrogen-bond acceptors (Lipinski definition) is 5. The fourth-order valence-electron chi connectivity index (χ4n) is 4.03. The van der Waals surface area contributed by atoms with Crippen LogP contribution in [-0.2, 0) is 10.0 Å². The smallest absolute Gasteiger partial charge is 0.244 e. The van der Waals surface area contributed by atoms with Crippen molar-refractivity contribution in [2.24, 2.45) is 22.4 Å². The van der Waals surface area contributed by atoms with Gasteiger partial charge in [-0.25, -0.2) is 13.4 Å². The van der Waals surface area contributed by atoms with Gasteiger partial charge in [-0.2, -0.15) is 9.41 Å². The van der Waals surface area contributed by atoms with Crippen molar-refractivity contribution in [2.75, 3.05) is 18.5 Å². The average molecular weight is 377 g/mol. The van der Waals surface area contributed by atoms with Gasteiger partial charge in [0.15, 0.2) is 0 Å². The van der Waals surface area contributed by atoms with E-state index in [2.05, 4.69) is 35.4 Å². The van der Waals surface area contributed by atoms with Crippen LogP contribution in [0, 0.1) is 17.3 Å². The quantitative estimate of drug-likeness (QED) is 0.584. The van der Waals surface area contributed by atoms with Gasteiger partial charge in [0.1, 0.15) is 10.7 Å². The molecule has 0 spiro atoms. The molecule has 0 unspecified atom stereocenters. The summed E-state index contributed by atoms with van der Waals surface area (Å²) in [6, 6.07) is 3.21. The highest BCUT2D eigenvalue weighted by molar-refractivity contribution is 7.89. The summed E-state index contributed by atoms with van der Waals surface area (Å²) in [5.41, 5.74) is 4.55. The summed E-state index contributed by atoms with van der Waals surface area (Å²) in [5, 5.41) is 4.30. The van der Waals surface area contributed by atoms with Crippen molar-refractivity contribution >= 4 is 22.1 Å². The number of fused-ring (bicyclic) bond motifs is 1. The van der Waals surface area contributed by atoms with Crippen LogP contribution in [0.15, 0.2) is 40.0 Å². The van der Waals surface area contributed by atoms with Gasteiger partial charge in [-0.3, -0.25) is 5.43 Å². The Labute approximate surface area is 156 Å². The maximum absolute atomic E-state index is 12.5. The lowest BCUT2D eigenvalue weighted by Gasteiger charge is -2.55. The van der Waals surface area contributed by atoms with Gasteiger partial charge in [0.25, 0.3) is 0 Å². The fraction of sp³-hybridized carbons (Fsp3) is 0.579. The van der Waals surface area contributed by atoms with Gasteiger partial charge < -0.3 is 0 Å². The number of anilines is 1. The molecule has 1 aromatic heterocycles. The van der Waals surface area contributed by atoms with Gasteiger partial charge in [-0.05, 0) is 47.8 Å². The van der Waals surface area contributed by atoms with Crippen LogP contribution in [-0.4, -0.2) is 37.0 Å². The Hall–Kier alpha value is -1.73. The number of allylic oxidation sites excluding steroid dienone is 2. The van der Waals surface area contributed by atoms with E-state index in [0.29, 0.717) is 30.2 Å². The largest absolute Gasteiger partial charge is 0.261 e. The Balaban J connectivity index is 1.64. The molecular weight excluding hydrogens is 348 g/mol. The zero-order valence-corrected chi connectivity index (χ0v) is 16.8. The molecule has 142 valence electrons. The van der Waals surface area contributed by atoms with E-state index in [-0.39, 0.29) is 4.90 Å². The van der Waals surface area contributed by atoms with Gasteiger partial charge in [-0.15, -0.1) is 0 Å². The normalized spacial score (nSPS) is 24.4. The molecule has 0 saturated heterocycles. The monoisotopic (exact) mass is 376 g/mol. The second-order valence-corrected chi connectivity index (χ2v) is 9.52. The first-order valence-corrected chi connectivity index (χ1v) is 10.7. The minimum atomic E-state index is -3.48. The minimum absolute atomic E-state index is 0.202. The molecule has 2 bridgehead atoms. The molecule has 1 N–H and O–H groups in total. The van der Waals surface area contributed by atoms with Crippen molar-refractivity contribution < 1.29 is 8.42 Å². The van der Waals surface area contributed by atoms with Crippen LogP contribution in [0.3, 0.4) is 0 Å². The van der Waals surface area contributed by atoms with Crippen LogP contribution in [0.4, 0.5) is 5.82 Å². The molecule has 6 nitrogen and oxygen atoms in total. The van der Waals surface area contributed by atoms with E-state index in [0.717, 1.165) is 12.3 Å². The zero-order chi connectivity index (χ0) is 18.9. The number of pyridine rings is 1.